The summed E-state index contributed by atoms with van der Waals surface area (Å²) in [6, 6.07) is 8.20. The Morgan fingerprint density at radius 1 is 1.29 bits per heavy atom. The number of nitrogens with zero attached hydrogens (tertiary/aromatic N) is 1. The van der Waals surface area contributed by atoms with E-state index in [0.29, 0.717) is 12.1 Å². The molecule has 1 aliphatic heterocycles. The molecule has 0 spiro atoms. The molecule has 5 nitrogen and oxygen atoms in total. The fourth-order valence-electron chi connectivity index (χ4n) is 2.85. The molecule has 2 amide bonds. The summed E-state index contributed by atoms with van der Waals surface area (Å²) in [5, 5.41) is 6.30. The van der Waals surface area contributed by atoms with E-state index in [4.69, 9.17) is 5.73 Å². The van der Waals surface area contributed by atoms with Crippen LogP contribution in [0.1, 0.15) is 37.8 Å². The summed E-state index contributed by atoms with van der Waals surface area (Å²) in [5.41, 5.74) is 7.06. The lowest BCUT2D eigenvalue weighted by atomic mass is 10.0. The molecule has 4 N–H and O–H groups in total. The van der Waals surface area contributed by atoms with Crippen molar-refractivity contribution in [2.75, 3.05) is 25.5 Å². The van der Waals surface area contributed by atoms with Gasteiger partial charge in [-0.1, -0.05) is 12.1 Å². The Morgan fingerprint density at radius 3 is 2.67 bits per heavy atom. The summed E-state index contributed by atoms with van der Waals surface area (Å²) in [4.78, 5) is 13.2. The van der Waals surface area contributed by atoms with E-state index in [1.807, 2.05) is 24.3 Å². The fourth-order valence-corrected chi connectivity index (χ4v) is 2.85. The number of carbonyl (C=O) groups excluding carboxylic acids is 1. The van der Waals surface area contributed by atoms with Gasteiger partial charge < -0.3 is 21.3 Å². The molecule has 5 heteroatoms. The Morgan fingerprint density at radius 2 is 2.00 bits per heavy atom. The number of hydrogen-bond donors (Lipinski definition) is 3. The molecule has 1 aliphatic rings. The highest BCUT2D eigenvalue weighted by molar-refractivity contribution is 5.87. The van der Waals surface area contributed by atoms with Gasteiger partial charge in [-0.25, -0.2) is 4.79 Å². The molecule has 0 aromatic heterocycles. The lowest BCUT2D eigenvalue weighted by molar-refractivity contribution is 0.259. The topological polar surface area (TPSA) is 70.4 Å². The molecule has 2 rings (SSSR count). The first kappa shape index (κ1) is 15.8. The van der Waals surface area contributed by atoms with Gasteiger partial charge in [0.05, 0.1) is 0 Å². The smallest absolute Gasteiger partial charge is 0.316 e. The average molecular weight is 290 g/mol. The highest BCUT2D eigenvalue weighted by Crippen LogP contribution is 2.19. The average Bonchev–Trinajstić information content (AvgIpc) is 2.64. The maximum atomic E-state index is 10.8. The third-order valence-corrected chi connectivity index (χ3v) is 4.12. The van der Waals surface area contributed by atoms with Crippen LogP contribution in [0, 0.1) is 0 Å². The number of nitrogens with two attached hydrogens (primary N) is 1. The number of hydrogen-bond acceptors (Lipinski definition) is 3. The third-order valence-electron chi connectivity index (χ3n) is 4.12. The molecule has 116 valence electrons. The first-order chi connectivity index (χ1) is 10.0. The first-order valence-electron chi connectivity index (χ1n) is 7.65. The van der Waals surface area contributed by atoms with Crippen LogP contribution < -0.4 is 16.4 Å². The molecular formula is C16H26N4O. The fraction of sp³-hybridized carbons (Fsp3) is 0.562. The van der Waals surface area contributed by atoms with Gasteiger partial charge in [-0.3, -0.25) is 0 Å². The van der Waals surface area contributed by atoms with Gasteiger partial charge >= 0.3 is 6.03 Å². The van der Waals surface area contributed by atoms with Crippen LogP contribution in [-0.4, -0.2) is 37.1 Å². The number of amides is 2. The van der Waals surface area contributed by atoms with Gasteiger partial charge in [0.25, 0.3) is 0 Å². The highest BCUT2D eigenvalue weighted by Gasteiger charge is 2.17. The summed E-state index contributed by atoms with van der Waals surface area (Å²) in [5.74, 6) is 0. The molecule has 0 bridgehead atoms. The monoisotopic (exact) mass is 290 g/mol. The summed E-state index contributed by atoms with van der Waals surface area (Å²) < 4.78 is 0. The second-order valence-electron chi connectivity index (χ2n) is 5.93. The zero-order chi connectivity index (χ0) is 15.2. The number of anilines is 1. The first-order valence-corrected chi connectivity index (χ1v) is 7.65. The van der Waals surface area contributed by atoms with Crippen molar-refractivity contribution in [1.29, 1.82) is 0 Å². The van der Waals surface area contributed by atoms with E-state index < -0.39 is 6.03 Å². The predicted octanol–water partition coefficient (Wildman–Crippen LogP) is 2.31. The van der Waals surface area contributed by atoms with Crippen molar-refractivity contribution >= 4 is 11.7 Å². The van der Waals surface area contributed by atoms with E-state index in [0.717, 1.165) is 12.2 Å². The normalized spacial score (nSPS) is 21.5. The van der Waals surface area contributed by atoms with Crippen LogP contribution in [0.5, 0.6) is 0 Å². The van der Waals surface area contributed by atoms with Crippen LogP contribution in [-0.2, 0) is 0 Å². The molecule has 1 aromatic rings. The number of benzene rings is 1. The van der Waals surface area contributed by atoms with Gasteiger partial charge in [0.1, 0.15) is 0 Å². The van der Waals surface area contributed by atoms with E-state index in [1.54, 1.807) is 0 Å². The van der Waals surface area contributed by atoms with Crippen LogP contribution in [0.2, 0.25) is 0 Å². The molecular weight excluding hydrogens is 264 g/mol. The van der Waals surface area contributed by atoms with Crippen LogP contribution in [0.15, 0.2) is 24.3 Å². The van der Waals surface area contributed by atoms with Gasteiger partial charge in [-0.2, -0.15) is 0 Å². The minimum absolute atomic E-state index is 0.307. The number of rotatable bonds is 4. The lowest BCUT2D eigenvalue weighted by Gasteiger charge is -2.22. The van der Waals surface area contributed by atoms with Crippen molar-refractivity contribution in [3.63, 3.8) is 0 Å². The number of urea groups is 1. The van der Waals surface area contributed by atoms with Crippen molar-refractivity contribution in [1.82, 2.24) is 10.2 Å². The number of likely N-dealkylation sites (tertiary alicyclic amines) is 1. The molecule has 1 fully saturated rings. The lowest BCUT2D eigenvalue weighted by Crippen LogP contribution is -2.32. The van der Waals surface area contributed by atoms with E-state index >= 15 is 0 Å². The second kappa shape index (κ2) is 7.43. The predicted molar refractivity (Wildman–Crippen MR) is 86.3 cm³/mol. The summed E-state index contributed by atoms with van der Waals surface area (Å²) in [6.07, 6.45) is 3.68. The van der Waals surface area contributed by atoms with Gasteiger partial charge in [-0.05, 0) is 64.0 Å². The minimum atomic E-state index is -0.531. The van der Waals surface area contributed by atoms with Gasteiger partial charge in [0.15, 0.2) is 0 Å². The van der Waals surface area contributed by atoms with Gasteiger partial charge in [-0.15, -0.1) is 0 Å². The van der Waals surface area contributed by atoms with Crippen molar-refractivity contribution in [3.05, 3.63) is 29.8 Å². The van der Waals surface area contributed by atoms with E-state index in [9.17, 15) is 4.79 Å². The van der Waals surface area contributed by atoms with Crippen LogP contribution in [0.4, 0.5) is 10.5 Å². The zero-order valence-electron chi connectivity index (χ0n) is 12.9. The summed E-state index contributed by atoms with van der Waals surface area (Å²) in [6.45, 7) is 4.54. The maximum absolute atomic E-state index is 10.8. The Bertz CT molecular complexity index is 460. The molecule has 1 heterocycles. The Labute approximate surface area is 126 Å². The van der Waals surface area contributed by atoms with Crippen molar-refractivity contribution in [2.24, 2.45) is 5.73 Å². The Balaban J connectivity index is 1.90. The molecule has 0 aliphatic carbocycles. The molecule has 21 heavy (non-hydrogen) atoms. The molecule has 1 saturated heterocycles. The Kier molecular flexibility index (Phi) is 5.59. The number of primary amides is 1. The van der Waals surface area contributed by atoms with Crippen molar-refractivity contribution in [3.8, 4) is 0 Å². The molecule has 2 unspecified atom stereocenters. The van der Waals surface area contributed by atoms with Crippen molar-refractivity contribution < 1.29 is 4.79 Å². The molecule has 1 aromatic carbocycles. The maximum Gasteiger partial charge on any atom is 0.316 e. The molecule has 2 atom stereocenters. The minimum Gasteiger partial charge on any atom is -0.351 e. The largest absolute Gasteiger partial charge is 0.351 e. The van der Waals surface area contributed by atoms with E-state index in [1.165, 1.54) is 31.4 Å². The SMILES string of the molecule is CC(NC1CCCN(C)CC1)c1ccc(NC(N)=O)cc1. The second-order valence-corrected chi connectivity index (χ2v) is 5.93. The quantitative estimate of drug-likeness (QED) is 0.797. The highest BCUT2D eigenvalue weighted by atomic mass is 16.2. The van der Waals surface area contributed by atoms with E-state index in [-0.39, 0.29) is 0 Å². The van der Waals surface area contributed by atoms with E-state index in [2.05, 4.69) is 29.5 Å². The summed E-state index contributed by atoms with van der Waals surface area (Å²) in [7, 11) is 2.19. The van der Waals surface area contributed by atoms with Gasteiger partial charge in [0.2, 0.25) is 0 Å². The Hall–Kier alpha value is -1.59. The molecule has 0 saturated carbocycles. The van der Waals surface area contributed by atoms with Crippen LogP contribution in [0.25, 0.3) is 0 Å². The van der Waals surface area contributed by atoms with Crippen molar-refractivity contribution in [2.45, 2.75) is 38.3 Å². The summed E-state index contributed by atoms with van der Waals surface area (Å²) >= 11 is 0. The number of nitrogens with one attached hydrogen (secondary N) is 2. The third kappa shape index (κ3) is 5.02. The number of carbonyl (C=O) groups is 1. The zero-order valence-corrected chi connectivity index (χ0v) is 12.9. The standard InChI is InChI=1S/C16H26N4O/c1-12(18-14-4-3-10-20(2)11-9-14)13-5-7-15(8-6-13)19-16(17)21/h5-8,12,14,18H,3-4,9-11H2,1-2H3,(H3,17,19,21). The van der Waals surface area contributed by atoms with Crippen LogP contribution in [0.3, 0.4) is 0 Å². The van der Waals surface area contributed by atoms with Gasteiger partial charge in [0, 0.05) is 17.8 Å². The van der Waals surface area contributed by atoms with Crippen LogP contribution >= 0.6 is 0 Å². The molecule has 0 radical (unpaired) electrons.